The molecule has 0 atom stereocenters. The van der Waals surface area contributed by atoms with Crippen LogP contribution in [0, 0.1) is 6.92 Å². The van der Waals surface area contributed by atoms with E-state index in [9.17, 15) is 4.79 Å². The molecule has 0 spiro atoms. The van der Waals surface area contributed by atoms with Gasteiger partial charge in [-0.25, -0.2) is 0 Å². The van der Waals surface area contributed by atoms with E-state index >= 15 is 0 Å². The third-order valence-electron chi connectivity index (χ3n) is 3.71. The number of nitrogens with one attached hydrogen (secondary N) is 1. The molecule has 0 aliphatic carbocycles. The highest BCUT2D eigenvalue weighted by atomic mass is 32.2. The summed E-state index contributed by atoms with van der Waals surface area (Å²) in [6.45, 7) is 1.83. The predicted octanol–water partition coefficient (Wildman–Crippen LogP) is 2.69. The van der Waals surface area contributed by atoms with Crippen LogP contribution < -0.4 is 10.1 Å². The van der Waals surface area contributed by atoms with Crippen LogP contribution in [0.1, 0.15) is 5.01 Å². The molecule has 0 aliphatic heterocycles. The van der Waals surface area contributed by atoms with Gasteiger partial charge in [0.15, 0.2) is 11.5 Å². The summed E-state index contributed by atoms with van der Waals surface area (Å²) in [4.78, 5) is 12.1. The lowest BCUT2D eigenvalue weighted by Crippen LogP contribution is -2.14. The second-order valence-electron chi connectivity index (χ2n) is 5.66. The number of anilines is 1. The maximum Gasteiger partial charge on any atom is 0.236 e. The average Bonchev–Trinajstić information content (AvgIpc) is 3.32. The third-order valence-corrected chi connectivity index (χ3v) is 5.38. The fraction of sp³-hybridized carbons (Fsp3) is 0.176. The number of aromatic nitrogens is 6. The van der Waals surface area contributed by atoms with Gasteiger partial charge in [0.25, 0.3) is 0 Å². The largest absolute Gasteiger partial charge is 0.497 e. The van der Waals surface area contributed by atoms with E-state index < -0.39 is 0 Å². The van der Waals surface area contributed by atoms with Gasteiger partial charge >= 0.3 is 0 Å². The molecule has 1 aromatic carbocycles. The standard InChI is InChI=1S/C17H15N7O2S2/c1-10-19-22-17(28-10)18-14(25)9-27-15-8-7-13-20-21-16(24(13)23-15)11-3-5-12(26-2)6-4-11/h3-8H,9H2,1-2H3,(H,18,22,25). The zero-order chi connectivity index (χ0) is 19.5. The summed E-state index contributed by atoms with van der Waals surface area (Å²) in [5.41, 5.74) is 1.50. The van der Waals surface area contributed by atoms with Crippen LogP contribution in [0.15, 0.2) is 41.4 Å². The number of carbonyl (C=O) groups excluding carboxylic acids is 1. The molecule has 0 radical (unpaired) electrons. The van der Waals surface area contributed by atoms with Gasteiger partial charge in [0, 0.05) is 5.56 Å². The Kier molecular flexibility index (Phi) is 5.17. The predicted molar refractivity (Wildman–Crippen MR) is 107 cm³/mol. The van der Waals surface area contributed by atoms with Crippen molar-refractivity contribution in [3.05, 3.63) is 41.4 Å². The first kappa shape index (κ1) is 18.3. The van der Waals surface area contributed by atoms with Gasteiger partial charge in [-0.1, -0.05) is 23.1 Å². The number of amides is 1. The molecule has 142 valence electrons. The van der Waals surface area contributed by atoms with Crippen LogP contribution in [-0.4, -0.2) is 48.8 Å². The Morgan fingerprint density at radius 2 is 1.96 bits per heavy atom. The summed E-state index contributed by atoms with van der Waals surface area (Å²) in [6.07, 6.45) is 0. The molecule has 0 unspecified atom stereocenters. The van der Waals surface area contributed by atoms with Gasteiger partial charge in [0.05, 0.1) is 12.9 Å². The van der Waals surface area contributed by atoms with E-state index in [0.29, 0.717) is 21.6 Å². The molecular weight excluding hydrogens is 398 g/mol. The molecule has 3 heterocycles. The zero-order valence-electron chi connectivity index (χ0n) is 15.0. The molecule has 11 heteroatoms. The summed E-state index contributed by atoms with van der Waals surface area (Å²) in [5.74, 6) is 1.42. The zero-order valence-corrected chi connectivity index (χ0v) is 16.6. The summed E-state index contributed by atoms with van der Waals surface area (Å²) >= 11 is 2.65. The van der Waals surface area contributed by atoms with Crippen molar-refractivity contribution >= 4 is 39.8 Å². The molecular formula is C17H15N7O2S2. The van der Waals surface area contributed by atoms with Crippen LogP contribution in [-0.2, 0) is 4.79 Å². The monoisotopic (exact) mass is 413 g/mol. The van der Waals surface area contributed by atoms with E-state index in [1.165, 1.54) is 23.1 Å². The Morgan fingerprint density at radius 3 is 2.68 bits per heavy atom. The van der Waals surface area contributed by atoms with E-state index in [4.69, 9.17) is 4.74 Å². The molecule has 0 saturated carbocycles. The summed E-state index contributed by atoms with van der Waals surface area (Å²) in [6, 6.07) is 11.1. The topological polar surface area (TPSA) is 107 Å². The number of aryl methyl sites for hydroxylation is 1. The highest BCUT2D eigenvalue weighted by Crippen LogP contribution is 2.23. The molecule has 4 rings (SSSR count). The highest BCUT2D eigenvalue weighted by molar-refractivity contribution is 7.99. The Hall–Kier alpha value is -3.05. The Balaban J connectivity index is 1.49. The van der Waals surface area contributed by atoms with E-state index in [-0.39, 0.29) is 11.7 Å². The quantitative estimate of drug-likeness (QED) is 0.481. The Labute approximate surface area is 168 Å². The van der Waals surface area contributed by atoms with Gasteiger partial charge in [-0.15, -0.1) is 20.4 Å². The van der Waals surface area contributed by atoms with Crippen molar-refractivity contribution in [2.45, 2.75) is 11.9 Å². The summed E-state index contributed by atoms with van der Waals surface area (Å²) in [7, 11) is 1.62. The van der Waals surface area contributed by atoms with Crippen molar-refractivity contribution in [2.75, 3.05) is 18.2 Å². The van der Waals surface area contributed by atoms with Gasteiger partial charge in [-0.05, 0) is 43.3 Å². The second kappa shape index (κ2) is 7.90. The highest BCUT2D eigenvalue weighted by Gasteiger charge is 2.12. The number of ether oxygens (including phenoxy) is 1. The molecule has 1 amide bonds. The van der Waals surface area contributed by atoms with Crippen molar-refractivity contribution in [3.8, 4) is 17.1 Å². The molecule has 4 aromatic rings. The minimum atomic E-state index is -0.165. The molecule has 0 saturated heterocycles. The Bertz CT molecular complexity index is 1120. The minimum absolute atomic E-state index is 0.165. The number of hydrogen-bond acceptors (Lipinski definition) is 9. The fourth-order valence-corrected chi connectivity index (χ4v) is 3.67. The van der Waals surface area contributed by atoms with Crippen molar-refractivity contribution in [1.82, 2.24) is 30.0 Å². The normalized spacial score (nSPS) is 10.9. The van der Waals surface area contributed by atoms with E-state index in [0.717, 1.165) is 16.3 Å². The maximum absolute atomic E-state index is 12.1. The van der Waals surface area contributed by atoms with Crippen LogP contribution in [0.5, 0.6) is 5.75 Å². The Morgan fingerprint density at radius 1 is 1.14 bits per heavy atom. The van der Waals surface area contributed by atoms with Crippen LogP contribution in [0.4, 0.5) is 5.13 Å². The van der Waals surface area contributed by atoms with Gasteiger partial charge in [-0.2, -0.15) is 9.61 Å². The number of carbonyl (C=O) groups is 1. The number of rotatable bonds is 6. The van der Waals surface area contributed by atoms with Crippen molar-refractivity contribution in [2.24, 2.45) is 0 Å². The lowest BCUT2D eigenvalue weighted by Gasteiger charge is -2.04. The molecule has 0 aliphatic rings. The molecule has 0 fully saturated rings. The van der Waals surface area contributed by atoms with Crippen LogP contribution in [0.2, 0.25) is 0 Å². The molecule has 9 nitrogen and oxygen atoms in total. The van der Waals surface area contributed by atoms with Crippen LogP contribution in [0.3, 0.4) is 0 Å². The first-order valence-corrected chi connectivity index (χ1v) is 10.0. The smallest absolute Gasteiger partial charge is 0.236 e. The summed E-state index contributed by atoms with van der Waals surface area (Å²) in [5, 5.41) is 25.4. The molecule has 3 aromatic heterocycles. The van der Waals surface area contributed by atoms with Gasteiger partial charge in [-0.3, -0.25) is 10.1 Å². The van der Waals surface area contributed by atoms with E-state index in [2.05, 4.69) is 30.8 Å². The molecule has 0 bridgehead atoms. The van der Waals surface area contributed by atoms with E-state index in [1.807, 2.05) is 43.3 Å². The molecule has 1 N–H and O–H groups in total. The van der Waals surface area contributed by atoms with Gasteiger partial charge < -0.3 is 4.74 Å². The number of hydrogen-bond donors (Lipinski definition) is 1. The molecule has 28 heavy (non-hydrogen) atoms. The number of fused-ring (bicyclic) bond motifs is 1. The van der Waals surface area contributed by atoms with E-state index in [1.54, 1.807) is 11.6 Å². The first-order valence-electron chi connectivity index (χ1n) is 8.22. The van der Waals surface area contributed by atoms with Crippen LogP contribution >= 0.6 is 23.1 Å². The first-order chi connectivity index (χ1) is 13.6. The van der Waals surface area contributed by atoms with Crippen molar-refractivity contribution < 1.29 is 9.53 Å². The lowest BCUT2D eigenvalue weighted by atomic mass is 10.2. The summed E-state index contributed by atoms with van der Waals surface area (Å²) < 4.78 is 6.85. The number of benzene rings is 1. The SMILES string of the molecule is COc1ccc(-c2nnc3ccc(SCC(=O)Nc4nnc(C)s4)nn23)cc1. The van der Waals surface area contributed by atoms with Gasteiger partial charge in [0.1, 0.15) is 15.8 Å². The van der Waals surface area contributed by atoms with Gasteiger partial charge in [0.2, 0.25) is 11.0 Å². The number of methoxy groups -OCH3 is 1. The number of thioether (sulfide) groups is 1. The number of nitrogens with zero attached hydrogens (tertiary/aromatic N) is 6. The van der Waals surface area contributed by atoms with Crippen LogP contribution in [0.25, 0.3) is 17.0 Å². The fourth-order valence-electron chi connectivity index (χ4n) is 2.41. The lowest BCUT2D eigenvalue weighted by molar-refractivity contribution is -0.113. The minimum Gasteiger partial charge on any atom is -0.497 e. The third kappa shape index (κ3) is 3.94. The average molecular weight is 413 g/mol. The maximum atomic E-state index is 12.1. The van der Waals surface area contributed by atoms with Crippen molar-refractivity contribution in [1.29, 1.82) is 0 Å². The second-order valence-corrected chi connectivity index (χ2v) is 7.83. The van der Waals surface area contributed by atoms with Crippen molar-refractivity contribution in [3.63, 3.8) is 0 Å².